The summed E-state index contributed by atoms with van der Waals surface area (Å²) < 4.78 is 18.0. The van der Waals surface area contributed by atoms with Crippen LogP contribution in [0.4, 0.5) is 5.69 Å². The van der Waals surface area contributed by atoms with Crippen molar-refractivity contribution in [3.05, 3.63) is 76.6 Å². The molecule has 2 aliphatic rings. The number of rotatable bonds is 15. The number of thioether (sulfide) groups is 1. The lowest BCUT2D eigenvalue weighted by Crippen LogP contribution is -2.49. The second-order valence-electron chi connectivity index (χ2n) is 14.4. The van der Waals surface area contributed by atoms with Crippen molar-refractivity contribution in [2.75, 3.05) is 31.7 Å². The van der Waals surface area contributed by atoms with Gasteiger partial charge in [0.2, 0.25) is 0 Å². The molecule has 2 aromatic carbocycles. The largest absolute Gasteiger partial charge is 0.490 e. The molecule has 2 heterocycles. The van der Waals surface area contributed by atoms with E-state index in [1.807, 2.05) is 36.7 Å². The average Bonchev–Trinajstić information content (AvgIpc) is 3.23. The van der Waals surface area contributed by atoms with Gasteiger partial charge in [0.25, 0.3) is 0 Å². The number of methoxy groups -OCH3 is 1. The molecule has 0 amide bonds. The number of carbonyl (C=O) groups is 1. The van der Waals surface area contributed by atoms with Gasteiger partial charge >= 0.3 is 5.97 Å². The van der Waals surface area contributed by atoms with Crippen molar-refractivity contribution in [2.45, 2.75) is 95.1 Å². The van der Waals surface area contributed by atoms with Gasteiger partial charge in [0, 0.05) is 41.2 Å². The number of nitrogens with zero attached hydrogens (tertiary/aromatic N) is 3. The fraction of sp³-hybridized carbons (Fsp3) is 0.564. The van der Waals surface area contributed by atoms with Gasteiger partial charge in [-0.25, -0.2) is 14.8 Å². The van der Waals surface area contributed by atoms with Gasteiger partial charge in [0.05, 0.1) is 31.1 Å². The third kappa shape index (κ3) is 9.24. The highest BCUT2D eigenvalue weighted by Gasteiger charge is 2.43. The normalized spacial score (nSPS) is 22.9. The summed E-state index contributed by atoms with van der Waals surface area (Å²) in [5.74, 6) is 2.34. The molecular weight excluding hydrogens is 769 g/mol. The second-order valence-corrected chi connectivity index (χ2v) is 16.7. The summed E-state index contributed by atoms with van der Waals surface area (Å²) in [6.07, 6.45) is 10.3. The summed E-state index contributed by atoms with van der Waals surface area (Å²) in [7, 11) is 1.43. The Morgan fingerprint density at radius 2 is 1.88 bits per heavy atom. The molecule has 5 rings (SSSR count). The number of benzene rings is 2. The summed E-state index contributed by atoms with van der Waals surface area (Å²) in [5.41, 5.74) is 3.74. The van der Waals surface area contributed by atoms with Gasteiger partial charge in [-0.15, -0.1) is 0 Å². The lowest BCUT2D eigenvalue weighted by Gasteiger charge is -2.46. The van der Waals surface area contributed by atoms with E-state index in [0.29, 0.717) is 41.1 Å². The molecule has 0 radical (unpaired) electrons. The first-order valence-electron chi connectivity index (χ1n) is 17.7. The van der Waals surface area contributed by atoms with Crippen LogP contribution in [-0.2, 0) is 19.6 Å². The third-order valence-electron chi connectivity index (χ3n) is 10.8. The van der Waals surface area contributed by atoms with Crippen LogP contribution in [0.1, 0.15) is 88.2 Å². The number of hydrogen-bond donors (Lipinski definition) is 0. The van der Waals surface area contributed by atoms with E-state index < -0.39 is 0 Å². The molecule has 0 saturated heterocycles. The Bertz CT molecular complexity index is 1550. The molecule has 7 nitrogen and oxygen atoms in total. The Morgan fingerprint density at radius 1 is 1.12 bits per heavy atom. The van der Waals surface area contributed by atoms with Gasteiger partial charge in [0.1, 0.15) is 28.8 Å². The van der Waals surface area contributed by atoms with Crippen molar-refractivity contribution in [1.82, 2.24) is 9.97 Å². The number of ether oxygens (including phenoxy) is 2. The number of esters is 1. The summed E-state index contributed by atoms with van der Waals surface area (Å²) in [5, 5.41) is 2.03. The lowest BCUT2D eigenvalue weighted by molar-refractivity contribution is 0.0228. The van der Waals surface area contributed by atoms with E-state index in [-0.39, 0.29) is 17.5 Å². The minimum absolute atomic E-state index is 0.176. The lowest BCUT2D eigenvalue weighted by atomic mass is 9.67. The van der Waals surface area contributed by atoms with Gasteiger partial charge in [-0.3, -0.25) is 0 Å². The first-order valence-corrected chi connectivity index (χ1v) is 19.8. The molecule has 7 atom stereocenters. The maximum absolute atomic E-state index is 12.7. The van der Waals surface area contributed by atoms with Crippen molar-refractivity contribution >= 4 is 58.0 Å². The number of anilines is 1. The minimum atomic E-state index is -0.343. The van der Waals surface area contributed by atoms with E-state index in [9.17, 15) is 4.79 Å². The van der Waals surface area contributed by atoms with E-state index in [1.54, 1.807) is 17.8 Å². The molecule has 1 unspecified atom stereocenters. The Morgan fingerprint density at radius 3 is 2.55 bits per heavy atom. The van der Waals surface area contributed by atoms with Crippen LogP contribution in [0, 0.1) is 23.7 Å². The molecule has 0 bridgehead atoms. The monoisotopic (exact) mass is 819 g/mol. The molecular formula is C39H51ClIN3O4S. The Hall–Kier alpha value is -2.08. The van der Waals surface area contributed by atoms with Gasteiger partial charge in [-0.05, 0) is 103 Å². The van der Waals surface area contributed by atoms with Crippen molar-refractivity contribution in [2.24, 2.45) is 23.7 Å². The highest BCUT2D eigenvalue weighted by molar-refractivity contribution is 14.1. The SMILES string of the molecule is CCCc1cc(Cl)ccc1[C@]1(C)COc2ccc(C(=O)OC)cc2N(C[C@@H]2CC[C@H]2[C@H](OI)[C@@H](C)CCC(C)[C@@H](C)Sc2ncccn2)C1. The van der Waals surface area contributed by atoms with Gasteiger partial charge in [0.15, 0.2) is 5.16 Å². The molecule has 3 aromatic rings. The molecule has 0 spiro atoms. The van der Waals surface area contributed by atoms with E-state index in [0.717, 1.165) is 73.2 Å². The Labute approximate surface area is 316 Å². The maximum Gasteiger partial charge on any atom is 0.337 e. The number of aromatic nitrogens is 2. The molecule has 1 fully saturated rings. The minimum Gasteiger partial charge on any atom is -0.490 e. The fourth-order valence-corrected chi connectivity index (χ4v) is 9.56. The molecule has 1 saturated carbocycles. The van der Waals surface area contributed by atoms with Crippen LogP contribution in [0.5, 0.6) is 5.75 Å². The zero-order valence-corrected chi connectivity index (χ0v) is 33.4. The molecule has 1 aliphatic heterocycles. The topological polar surface area (TPSA) is 73.8 Å². The van der Waals surface area contributed by atoms with Crippen LogP contribution < -0.4 is 9.64 Å². The van der Waals surface area contributed by atoms with Crippen LogP contribution in [0.3, 0.4) is 0 Å². The third-order valence-corrected chi connectivity index (χ3v) is 12.9. The van der Waals surface area contributed by atoms with E-state index in [2.05, 4.69) is 84.6 Å². The number of aryl methyl sites for hydroxylation is 1. The van der Waals surface area contributed by atoms with Crippen molar-refractivity contribution < 1.29 is 17.3 Å². The molecule has 49 heavy (non-hydrogen) atoms. The number of hydrogen-bond acceptors (Lipinski definition) is 8. The predicted molar refractivity (Wildman–Crippen MR) is 208 cm³/mol. The first kappa shape index (κ1) is 38.2. The summed E-state index contributed by atoms with van der Waals surface area (Å²) >= 11 is 10.4. The van der Waals surface area contributed by atoms with E-state index in [4.69, 9.17) is 24.1 Å². The molecule has 266 valence electrons. The van der Waals surface area contributed by atoms with Crippen LogP contribution in [0.25, 0.3) is 0 Å². The molecule has 1 aliphatic carbocycles. The summed E-state index contributed by atoms with van der Waals surface area (Å²) in [6.45, 7) is 13.6. The quantitative estimate of drug-likeness (QED) is 0.0650. The molecule has 0 N–H and O–H groups in total. The maximum atomic E-state index is 12.7. The molecule has 1 aromatic heterocycles. The van der Waals surface area contributed by atoms with Crippen molar-refractivity contribution in [1.29, 1.82) is 0 Å². The van der Waals surface area contributed by atoms with Crippen molar-refractivity contribution in [3.8, 4) is 5.75 Å². The highest BCUT2D eigenvalue weighted by Crippen LogP contribution is 2.46. The van der Waals surface area contributed by atoms with Gasteiger partial charge in [-0.1, -0.05) is 70.5 Å². The van der Waals surface area contributed by atoms with Crippen LogP contribution in [0.15, 0.2) is 60.0 Å². The highest BCUT2D eigenvalue weighted by atomic mass is 127. The number of fused-ring (bicyclic) bond motifs is 1. The fourth-order valence-electron chi connectivity index (χ4n) is 7.54. The zero-order valence-electron chi connectivity index (χ0n) is 29.7. The van der Waals surface area contributed by atoms with Crippen LogP contribution in [0.2, 0.25) is 5.02 Å². The zero-order chi connectivity index (χ0) is 35.1. The van der Waals surface area contributed by atoms with Crippen LogP contribution >= 0.6 is 46.4 Å². The summed E-state index contributed by atoms with van der Waals surface area (Å²) in [6, 6.07) is 13.8. The predicted octanol–water partition coefficient (Wildman–Crippen LogP) is 10.0. The molecule has 10 heteroatoms. The summed E-state index contributed by atoms with van der Waals surface area (Å²) in [4.78, 5) is 23.9. The Balaban J connectivity index is 1.34. The van der Waals surface area contributed by atoms with E-state index in [1.165, 1.54) is 18.2 Å². The van der Waals surface area contributed by atoms with Crippen molar-refractivity contribution in [3.63, 3.8) is 0 Å². The van der Waals surface area contributed by atoms with Gasteiger partial charge < -0.3 is 17.4 Å². The van der Waals surface area contributed by atoms with E-state index >= 15 is 0 Å². The second kappa shape index (κ2) is 17.4. The Kier molecular flexibility index (Phi) is 13.6. The smallest absolute Gasteiger partial charge is 0.337 e. The first-order chi connectivity index (χ1) is 23.6. The standard InChI is InChI=1S/C39H51ClIN3O4S/c1-7-9-28-20-31(40)14-16-33(28)39(5)23-44(34-21-29(37(45)46-6)13-17-35(34)47-24-39)22-30-12-15-32(30)36(48-41)26(3)11-10-25(2)27(4)49-38-42-18-8-19-43-38/h8,13-14,16-21,25-27,30,32,36H,7,9-12,15,22-24H2,1-6H3/t25?,26-,27+,30-,32+,36+,39-/m0/s1. The number of halogens is 2. The number of carbonyl (C=O) groups excluding carboxylic acids is 1. The van der Waals surface area contributed by atoms with Gasteiger partial charge in [-0.2, -0.15) is 0 Å². The van der Waals surface area contributed by atoms with Crippen LogP contribution in [-0.4, -0.2) is 54.1 Å². The average molecular weight is 820 g/mol.